The number of carbonyl (C=O) groups is 2. The van der Waals surface area contributed by atoms with Crippen LogP contribution in [0.1, 0.15) is 10.4 Å². The van der Waals surface area contributed by atoms with Crippen LogP contribution in [0, 0.1) is 0 Å². The summed E-state index contributed by atoms with van der Waals surface area (Å²) in [5.74, 6) is 0. The summed E-state index contributed by atoms with van der Waals surface area (Å²) in [5.41, 5.74) is 2.23. The number of rotatable bonds is 3. The molecule has 2 aromatic rings. The summed E-state index contributed by atoms with van der Waals surface area (Å²) in [7, 11) is 0. The molecule has 2 heterocycles. The van der Waals surface area contributed by atoms with E-state index in [0.717, 1.165) is 11.8 Å². The van der Waals surface area contributed by atoms with Crippen LogP contribution in [0.25, 0.3) is 5.52 Å². The smallest absolute Gasteiger partial charge is 0.211 e. The summed E-state index contributed by atoms with van der Waals surface area (Å²) < 4.78 is 1.79. The Morgan fingerprint density at radius 3 is 2.79 bits per heavy atom. The van der Waals surface area contributed by atoms with Crippen molar-refractivity contribution in [3.8, 4) is 0 Å². The molecule has 0 bridgehead atoms. The zero-order valence-electron chi connectivity index (χ0n) is 7.31. The highest BCUT2D eigenvalue weighted by molar-refractivity contribution is 5.79. The summed E-state index contributed by atoms with van der Waals surface area (Å²) in [5, 5.41) is 2.54. The van der Waals surface area contributed by atoms with Crippen molar-refractivity contribution in [1.29, 1.82) is 0 Å². The maximum atomic E-state index is 10.5. The Morgan fingerprint density at radius 1 is 1.21 bits per heavy atom. The second-order valence-corrected chi connectivity index (χ2v) is 2.90. The van der Waals surface area contributed by atoms with E-state index in [9.17, 15) is 9.59 Å². The van der Waals surface area contributed by atoms with Crippen LogP contribution in [0.15, 0.2) is 30.6 Å². The molecule has 4 nitrogen and oxygen atoms in total. The first-order valence-electron chi connectivity index (χ1n) is 4.10. The largest absolute Gasteiger partial charge is 0.327 e. The van der Waals surface area contributed by atoms with Gasteiger partial charge in [-0.2, -0.15) is 0 Å². The number of nitrogens with one attached hydrogen (secondary N) is 1. The van der Waals surface area contributed by atoms with Gasteiger partial charge in [0.2, 0.25) is 6.41 Å². The third kappa shape index (κ3) is 1.37. The van der Waals surface area contributed by atoms with Gasteiger partial charge >= 0.3 is 0 Å². The first kappa shape index (κ1) is 8.50. The molecule has 0 atom stereocenters. The molecule has 1 N–H and O–H groups in total. The SMILES string of the molecule is O=CNc1ccc2cc(C=O)cn2c1. The van der Waals surface area contributed by atoms with Gasteiger partial charge in [-0.3, -0.25) is 9.59 Å². The lowest BCUT2D eigenvalue weighted by atomic mass is 10.3. The number of aromatic nitrogens is 1. The third-order valence-electron chi connectivity index (χ3n) is 1.97. The average molecular weight is 188 g/mol. The molecule has 2 aromatic heterocycles. The minimum absolute atomic E-state index is 0.616. The molecule has 0 aromatic carbocycles. The highest BCUT2D eigenvalue weighted by Crippen LogP contribution is 2.13. The zero-order valence-corrected chi connectivity index (χ0v) is 7.31. The topological polar surface area (TPSA) is 50.6 Å². The summed E-state index contributed by atoms with van der Waals surface area (Å²) >= 11 is 0. The van der Waals surface area contributed by atoms with E-state index >= 15 is 0 Å². The highest BCUT2D eigenvalue weighted by atomic mass is 16.1. The van der Waals surface area contributed by atoms with Crippen LogP contribution in [0.2, 0.25) is 0 Å². The van der Waals surface area contributed by atoms with Gasteiger partial charge in [-0.25, -0.2) is 0 Å². The summed E-state index contributed by atoms with van der Waals surface area (Å²) in [6, 6.07) is 5.38. The Balaban J connectivity index is 2.53. The van der Waals surface area contributed by atoms with Crippen molar-refractivity contribution in [1.82, 2.24) is 4.40 Å². The van der Waals surface area contributed by atoms with Crippen molar-refractivity contribution in [2.45, 2.75) is 0 Å². The van der Waals surface area contributed by atoms with Crippen LogP contribution < -0.4 is 5.32 Å². The zero-order chi connectivity index (χ0) is 9.97. The molecular weight excluding hydrogens is 180 g/mol. The van der Waals surface area contributed by atoms with Crippen molar-refractivity contribution in [2.75, 3.05) is 5.32 Å². The van der Waals surface area contributed by atoms with Gasteiger partial charge in [-0.1, -0.05) is 0 Å². The maximum Gasteiger partial charge on any atom is 0.211 e. The number of fused-ring (bicyclic) bond motifs is 1. The Labute approximate surface area is 80.2 Å². The molecule has 1 amide bonds. The number of hydrogen-bond acceptors (Lipinski definition) is 2. The Hall–Kier alpha value is -2.10. The van der Waals surface area contributed by atoms with E-state index in [-0.39, 0.29) is 0 Å². The fraction of sp³-hybridized carbons (Fsp3) is 0. The van der Waals surface area contributed by atoms with Crippen LogP contribution in [-0.2, 0) is 4.79 Å². The van der Waals surface area contributed by atoms with Gasteiger partial charge in [0.1, 0.15) is 0 Å². The van der Waals surface area contributed by atoms with Crippen LogP contribution in [0.3, 0.4) is 0 Å². The molecule has 0 aliphatic rings. The third-order valence-corrected chi connectivity index (χ3v) is 1.97. The first-order valence-corrected chi connectivity index (χ1v) is 4.10. The monoisotopic (exact) mass is 188 g/mol. The standard InChI is InChI=1S/C10H8N2O2/c13-6-8-3-10-2-1-9(11-7-14)5-12(10)4-8/h1-7H,(H,11,14). The van der Waals surface area contributed by atoms with Crippen molar-refractivity contribution in [3.05, 3.63) is 36.2 Å². The van der Waals surface area contributed by atoms with Gasteiger partial charge in [0.25, 0.3) is 0 Å². The quantitative estimate of drug-likeness (QED) is 0.738. The van der Waals surface area contributed by atoms with Gasteiger partial charge < -0.3 is 9.72 Å². The Kier molecular flexibility index (Phi) is 2.02. The minimum atomic E-state index is 0.616. The predicted molar refractivity (Wildman–Crippen MR) is 52.5 cm³/mol. The van der Waals surface area contributed by atoms with Crippen LogP contribution in [-0.4, -0.2) is 17.1 Å². The van der Waals surface area contributed by atoms with E-state index in [4.69, 9.17) is 0 Å². The number of carbonyl (C=O) groups excluding carboxylic acids is 2. The number of nitrogens with zero attached hydrogens (tertiary/aromatic N) is 1. The summed E-state index contributed by atoms with van der Waals surface area (Å²) in [4.78, 5) is 20.7. The second kappa shape index (κ2) is 3.33. The maximum absolute atomic E-state index is 10.5. The summed E-state index contributed by atoms with van der Waals surface area (Å²) in [6.07, 6.45) is 4.86. The lowest BCUT2D eigenvalue weighted by Gasteiger charge is -1.99. The van der Waals surface area contributed by atoms with Crippen LogP contribution in [0.5, 0.6) is 0 Å². The molecule has 0 aliphatic heterocycles. The number of amides is 1. The van der Waals surface area contributed by atoms with Crippen LogP contribution in [0.4, 0.5) is 5.69 Å². The normalized spacial score (nSPS) is 10.0. The number of anilines is 1. The lowest BCUT2D eigenvalue weighted by Crippen LogP contribution is -1.94. The van der Waals surface area contributed by atoms with E-state index in [0.29, 0.717) is 17.7 Å². The number of pyridine rings is 1. The molecule has 0 fully saturated rings. The van der Waals surface area contributed by atoms with Crippen molar-refractivity contribution in [3.63, 3.8) is 0 Å². The second-order valence-electron chi connectivity index (χ2n) is 2.90. The number of hydrogen-bond donors (Lipinski definition) is 1. The molecule has 0 saturated carbocycles. The van der Waals surface area contributed by atoms with E-state index in [1.807, 2.05) is 6.07 Å². The molecule has 0 spiro atoms. The average Bonchev–Trinajstić information content (AvgIpc) is 2.60. The Morgan fingerprint density at radius 2 is 2.07 bits per heavy atom. The first-order chi connectivity index (χ1) is 6.83. The van der Waals surface area contributed by atoms with E-state index in [1.54, 1.807) is 28.9 Å². The fourth-order valence-corrected chi connectivity index (χ4v) is 1.35. The molecule has 0 radical (unpaired) electrons. The molecular formula is C10H8N2O2. The van der Waals surface area contributed by atoms with E-state index in [2.05, 4.69) is 5.32 Å². The van der Waals surface area contributed by atoms with Crippen molar-refractivity contribution < 1.29 is 9.59 Å². The molecule has 70 valence electrons. The van der Waals surface area contributed by atoms with E-state index < -0.39 is 0 Å². The predicted octanol–water partition coefficient (Wildman–Crippen LogP) is 1.32. The lowest BCUT2D eigenvalue weighted by molar-refractivity contribution is -0.105. The molecule has 0 unspecified atom stereocenters. The highest BCUT2D eigenvalue weighted by Gasteiger charge is 1.98. The molecule has 2 rings (SSSR count). The Bertz CT molecular complexity index is 488. The van der Waals surface area contributed by atoms with E-state index in [1.165, 1.54) is 0 Å². The molecule has 0 aliphatic carbocycles. The van der Waals surface area contributed by atoms with Crippen molar-refractivity contribution >= 4 is 23.9 Å². The fourth-order valence-electron chi connectivity index (χ4n) is 1.35. The van der Waals surface area contributed by atoms with Gasteiger partial charge in [0.05, 0.1) is 5.69 Å². The van der Waals surface area contributed by atoms with Crippen LogP contribution >= 0.6 is 0 Å². The minimum Gasteiger partial charge on any atom is -0.327 e. The van der Waals surface area contributed by atoms with Gasteiger partial charge in [-0.15, -0.1) is 0 Å². The van der Waals surface area contributed by atoms with Gasteiger partial charge in [0, 0.05) is 23.5 Å². The molecule has 14 heavy (non-hydrogen) atoms. The van der Waals surface area contributed by atoms with Crippen molar-refractivity contribution in [2.24, 2.45) is 0 Å². The van der Waals surface area contributed by atoms with Gasteiger partial charge in [-0.05, 0) is 18.2 Å². The number of aldehydes is 1. The molecule has 0 saturated heterocycles. The van der Waals surface area contributed by atoms with Gasteiger partial charge in [0.15, 0.2) is 6.29 Å². The summed E-state index contributed by atoms with van der Waals surface area (Å²) in [6.45, 7) is 0. The molecule has 4 heteroatoms.